The molecule has 1 aromatic heterocycles. The molecule has 4 nitrogen and oxygen atoms in total. The first-order chi connectivity index (χ1) is 8.69. The number of nitrogens with zero attached hydrogens (tertiary/aromatic N) is 2. The molecule has 1 aromatic rings. The zero-order chi connectivity index (χ0) is 13.0. The summed E-state index contributed by atoms with van der Waals surface area (Å²) in [7, 11) is 3.84. The van der Waals surface area contributed by atoms with Crippen LogP contribution >= 0.6 is 0 Å². The summed E-state index contributed by atoms with van der Waals surface area (Å²) < 4.78 is 5.14. The standard InChI is InChI=1S/C14H23N3O/c1-11-10-17(2)8-7-13(11)15-9-12-5-4-6-14(16-12)18-3/h4-6,11,13,15H,7-10H2,1-3H3. The molecule has 1 N–H and O–H groups in total. The third-order valence-electron chi connectivity index (χ3n) is 3.64. The van der Waals surface area contributed by atoms with Crippen LogP contribution in [0.4, 0.5) is 0 Å². The van der Waals surface area contributed by atoms with Gasteiger partial charge in [-0.05, 0) is 32.0 Å². The van der Waals surface area contributed by atoms with Gasteiger partial charge in [0.25, 0.3) is 0 Å². The van der Waals surface area contributed by atoms with Gasteiger partial charge in [0.1, 0.15) is 0 Å². The Bertz CT molecular complexity index is 383. The van der Waals surface area contributed by atoms with E-state index in [1.807, 2.05) is 18.2 Å². The van der Waals surface area contributed by atoms with E-state index in [0.717, 1.165) is 12.2 Å². The Labute approximate surface area is 109 Å². The number of rotatable bonds is 4. The van der Waals surface area contributed by atoms with E-state index in [4.69, 9.17) is 4.74 Å². The maximum absolute atomic E-state index is 5.14. The van der Waals surface area contributed by atoms with E-state index in [-0.39, 0.29) is 0 Å². The topological polar surface area (TPSA) is 37.4 Å². The van der Waals surface area contributed by atoms with Crippen molar-refractivity contribution in [3.8, 4) is 5.88 Å². The van der Waals surface area contributed by atoms with Gasteiger partial charge < -0.3 is 15.0 Å². The van der Waals surface area contributed by atoms with Gasteiger partial charge in [0, 0.05) is 25.2 Å². The van der Waals surface area contributed by atoms with Gasteiger partial charge in [-0.2, -0.15) is 0 Å². The molecule has 1 aliphatic heterocycles. The second-order valence-electron chi connectivity index (χ2n) is 5.19. The van der Waals surface area contributed by atoms with Crippen LogP contribution < -0.4 is 10.1 Å². The molecule has 4 heteroatoms. The fourth-order valence-corrected chi connectivity index (χ4v) is 2.56. The van der Waals surface area contributed by atoms with E-state index in [2.05, 4.69) is 29.2 Å². The van der Waals surface area contributed by atoms with Crippen molar-refractivity contribution in [2.45, 2.75) is 25.9 Å². The second-order valence-corrected chi connectivity index (χ2v) is 5.19. The van der Waals surface area contributed by atoms with Crippen LogP contribution in [0.25, 0.3) is 0 Å². The molecule has 1 saturated heterocycles. The maximum atomic E-state index is 5.14. The number of hydrogen-bond acceptors (Lipinski definition) is 4. The Kier molecular flexibility index (Phi) is 4.55. The highest BCUT2D eigenvalue weighted by Gasteiger charge is 2.23. The summed E-state index contributed by atoms with van der Waals surface area (Å²) in [5, 5.41) is 3.61. The summed E-state index contributed by atoms with van der Waals surface area (Å²) in [6.45, 7) is 5.47. The van der Waals surface area contributed by atoms with E-state index in [0.29, 0.717) is 17.8 Å². The molecule has 0 spiro atoms. The first-order valence-corrected chi connectivity index (χ1v) is 6.61. The van der Waals surface area contributed by atoms with Crippen molar-refractivity contribution in [1.82, 2.24) is 15.2 Å². The molecule has 0 aromatic carbocycles. The Hall–Kier alpha value is -1.13. The van der Waals surface area contributed by atoms with Crippen molar-refractivity contribution in [2.75, 3.05) is 27.2 Å². The van der Waals surface area contributed by atoms with Gasteiger partial charge in [0.15, 0.2) is 0 Å². The maximum Gasteiger partial charge on any atom is 0.213 e. The summed E-state index contributed by atoms with van der Waals surface area (Å²) in [5.74, 6) is 1.38. The van der Waals surface area contributed by atoms with Gasteiger partial charge in [0.05, 0.1) is 12.8 Å². The average molecular weight is 249 g/mol. The number of hydrogen-bond donors (Lipinski definition) is 1. The van der Waals surface area contributed by atoms with Crippen molar-refractivity contribution in [2.24, 2.45) is 5.92 Å². The molecule has 1 fully saturated rings. The molecule has 0 bridgehead atoms. The van der Waals surface area contributed by atoms with Gasteiger partial charge in [-0.3, -0.25) is 0 Å². The number of piperidine rings is 1. The molecule has 0 amide bonds. The Morgan fingerprint density at radius 2 is 2.33 bits per heavy atom. The molecule has 0 radical (unpaired) electrons. The number of aromatic nitrogens is 1. The monoisotopic (exact) mass is 249 g/mol. The first-order valence-electron chi connectivity index (χ1n) is 6.61. The lowest BCUT2D eigenvalue weighted by atomic mass is 9.94. The lowest BCUT2D eigenvalue weighted by Crippen LogP contribution is -2.46. The number of pyridine rings is 1. The van der Waals surface area contributed by atoms with Crippen molar-refractivity contribution in [3.63, 3.8) is 0 Å². The predicted octanol–water partition coefficient (Wildman–Crippen LogP) is 1.52. The molecule has 1 aliphatic rings. The van der Waals surface area contributed by atoms with Crippen LogP contribution in [0.2, 0.25) is 0 Å². The van der Waals surface area contributed by atoms with Crippen LogP contribution in [0.1, 0.15) is 19.0 Å². The fraction of sp³-hybridized carbons (Fsp3) is 0.643. The van der Waals surface area contributed by atoms with Gasteiger partial charge in [0.2, 0.25) is 5.88 Å². The van der Waals surface area contributed by atoms with Gasteiger partial charge in [-0.25, -0.2) is 4.98 Å². The fourth-order valence-electron chi connectivity index (χ4n) is 2.56. The smallest absolute Gasteiger partial charge is 0.213 e. The first kappa shape index (κ1) is 13.3. The molecular weight excluding hydrogens is 226 g/mol. The average Bonchev–Trinajstić information content (AvgIpc) is 2.38. The summed E-state index contributed by atoms with van der Waals surface area (Å²) in [6, 6.07) is 6.49. The normalized spacial score (nSPS) is 25.1. The molecule has 18 heavy (non-hydrogen) atoms. The van der Waals surface area contributed by atoms with Crippen LogP contribution in [0.3, 0.4) is 0 Å². The van der Waals surface area contributed by atoms with Crippen LogP contribution in [-0.2, 0) is 6.54 Å². The van der Waals surface area contributed by atoms with E-state index in [1.54, 1.807) is 7.11 Å². The summed E-state index contributed by atoms with van der Waals surface area (Å²) >= 11 is 0. The van der Waals surface area contributed by atoms with Crippen LogP contribution in [0.15, 0.2) is 18.2 Å². The van der Waals surface area contributed by atoms with Gasteiger partial charge >= 0.3 is 0 Å². The summed E-state index contributed by atoms with van der Waals surface area (Å²) in [4.78, 5) is 6.82. The predicted molar refractivity (Wildman–Crippen MR) is 72.7 cm³/mol. The summed E-state index contributed by atoms with van der Waals surface area (Å²) in [5.41, 5.74) is 1.04. The molecular formula is C14H23N3O. The minimum atomic E-state index is 0.592. The molecule has 0 aliphatic carbocycles. The lowest BCUT2D eigenvalue weighted by Gasteiger charge is -2.35. The number of nitrogens with one attached hydrogen (secondary N) is 1. The lowest BCUT2D eigenvalue weighted by molar-refractivity contribution is 0.174. The van der Waals surface area contributed by atoms with Crippen molar-refractivity contribution in [3.05, 3.63) is 23.9 Å². The third kappa shape index (κ3) is 3.43. The van der Waals surface area contributed by atoms with Crippen LogP contribution in [-0.4, -0.2) is 43.2 Å². The second kappa shape index (κ2) is 6.16. The Morgan fingerprint density at radius 1 is 1.50 bits per heavy atom. The van der Waals surface area contributed by atoms with Gasteiger partial charge in [-0.1, -0.05) is 13.0 Å². The largest absolute Gasteiger partial charge is 0.481 e. The van der Waals surface area contributed by atoms with Crippen LogP contribution in [0, 0.1) is 5.92 Å². The van der Waals surface area contributed by atoms with Crippen molar-refractivity contribution >= 4 is 0 Å². The molecule has 2 rings (SSSR count). The quantitative estimate of drug-likeness (QED) is 0.878. The van der Waals surface area contributed by atoms with Gasteiger partial charge in [-0.15, -0.1) is 0 Å². The van der Waals surface area contributed by atoms with E-state index in [9.17, 15) is 0 Å². The molecule has 0 saturated carbocycles. The van der Waals surface area contributed by atoms with E-state index < -0.39 is 0 Å². The minimum absolute atomic E-state index is 0.592. The highest BCUT2D eigenvalue weighted by atomic mass is 16.5. The molecule has 2 heterocycles. The highest BCUT2D eigenvalue weighted by molar-refractivity contribution is 5.15. The van der Waals surface area contributed by atoms with E-state index >= 15 is 0 Å². The Balaban J connectivity index is 1.87. The number of methoxy groups -OCH3 is 1. The molecule has 2 atom stereocenters. The molecule has 2 unspecified atom stereocenters. The summed E-state index contributed by atoms with van der Waals surface area (Å²) in [6.07, 6.45) is 1.21. The number of ether oxygens (including phenoxy) is 1. The highest BCUT2D eigenvalue weighted by Crippen LogP contribution is 2.16. The number of likely N-dealkylation sites (tertiary alicyclic amines) is 1. The minimum Gasteiger partial charge on any atom is -0.481 e. The van der Waals surface area contributed by atoms with Crippen LogP contribution in [0.5, 0.6) is 5.88 Å². The Morgan fingerprint density at radius 3 is 3.06 bits per heavy atom. The third-order valence-corrected chi connectivity index (χ3v) is 3.64. The van der Waals surface area contributed by atoms with Crippen molar-refractivity contribution in [1.29, 1.82) is 0 Å². The van der Waals surface area contributed by atoms with Crippen molar-refractivity contribution < 1.29 is 4.74 Å². The molecule has 100 valence electrons. The zero-order valence-electron chi connectivity index (χ0n) is 11.5. The van der Waals surface area contributed by atoms with E-state index in [1.165, 1.54) is 19.5 Å². The zero-order valence-corrected chi connectivity index (χ0v) is 11.5. The SMILES string of the molecule is COc1cccc(CNC2CCN(C)CC2C)n1.